The molecule has 1 aromatic rings. The lowest BCUT2D eigenvalue weighted by molar-refractivity contribution is 0.0134. The van der Waals surface area contributed by atoms with Crippen molar-refractivity contribution in [1.29, 1.82) is 0 Å². The third kappa shape index (κ3) is 4.07. The molecule has 0 aliphatic heterocycles. The topological polar surface area (TPSA) is 54.4 Å². The van der Waals surface area contributed by atoms with Crippen molar-refractivity contribution >= 4 is 9.84 Å². The van der Waals surface area contributed by atoms with E-state index in [0.717, 1.165) is 24.0 Å². The van der Waals surface area contributed by atoms with Crippen molar-refractivity contribution < 1.29 is 13.5 Å². The van der Waals surface area contributed by atoms with E-state index in [0.29, 0.717) is 18.8 Å². The van der Waals surface area contributed by atoms with Crippen molar-refractivity contribution in [3.05, 3.63) is 35.4 Å². The van der Waals surface area contributed by atoms with Gasteiger partial charge < -0.3 is 5.11 Å². The van der Waals surface area contributed by atoms with Gasteiger partial charge in [-0.3, -0.25) is 0 Å². The molecule has 0 bridgehead atoms. The Morgan fingerprint density at radius 3 is 2.52 bits per heavy atom. The van der Waals surface area contributed by atoms with Crippen LogP contribution in [-0.2, 0) is 9.84 Å². The first-order valence-electron chi connectivity index (χ1n) is 7.72. The minimum Gasteiger partial charge on any atom is -0.389 e. The molecule has 0 spiro atoms. The van der Waals surface area contributed by atoms with Crippen LogP contribution in [0.2, 0.25) is 0 Å². The van der Waals surface area contributed by atoms with E-state index >= 15 is 0 Å². The molecule has 1 aromatic carbocycles. The van der Waals surface area contributed by atoms with Crippen LogP contribution in [0.4, 0.5) is 0 Å². The fraction of sp³-hybridized carbons (Fsp3) is 0.647. The Hall–Kier alpha value is -0.870. The number of hydrogen-bond donors (Lipinski definition) is 1. The van der Waals surface area contributed by atoms with Crippen LogP contribution >= 0.6 is 0 Å². The third-order valence-electron chi connectivity index (χ3n) is 4.73. The highest BCUT2D eigenvalue weighted by Gasteiger charge is 2.38. The minimum absolute atomic E-state index is 0.123. The van der Waals surface area contributed by atoms with Gasteiger partial charge in [0, 0.05) is 0 Å². The van der Waals surface area contributed by atoms with Gasteiger partial charge in [-0.05, 0) is 51.0 Å². The quantitative estimate of drug-likeness (QED) is 0.927. The molecule has 1 saturated carbocycles. The van der Waals surface area contributed by atoms with Crippen LogP contribution in [0.1, 0.15) is 55.9 Å². The van der Waals surface area contributed by atoms with Gasteiger partial charge in [0.25, 0.3) is 0 Å². The molecule has 0 radical (unpaired) electrons. The summed E-state index contributed by atoms with van der Waals surface area (Å²) in [5, 5.41) is 10.0. The van der Waals surface area contributed by atoms with Gasteiger partial charge in [0.15, 0.2) is 9.84 Å². The molecule has 0 saturated heterocycles. The van der Waals surface area contributed by atoms with Crippen LogP contribution in [0.15, 0.2) is 24.3 Å². The number of sulfone groups is 1. The van der Waals surface area contributed by atoms with Crippen LogP contribution in [0.25, 0.3) is 0 Å². The zero-order valence-electron chi connectivity index (χ0n) is 13.2. The predicted octanol–water partition coefficient (Wildman–Crippen LogP) is 3.41. The summed E-state index contributed by atoms with van der Waals surface area (Å²) in [4.78, 5) is 0. The normalized spacial score (nSPS) is 28.3. The summed E-state index contributed by atoms with van der Waals surface area (Å²) < 4.78 is 25.3. The molecule has 1 unspecified atom stereocenters. The number of rotatable bonds is 4. The smallest absolute Gasteiger partial charge is 0.159 e. The predicted molar refractivity (Wildman–Crippen MR) is 86.0 cm³/mol. The van der Waals surface area contributed by atoms with E-state index in [9.17, 15) is 13.5 Å². The average Bonchev–Trinajstić information content (AvgIpc) is 2.41. The van der Waals surface area contributed by atoms with Crippen LogP contribution in [-0.4, -0.2) is 24.9 Å². The second-order valence-corrected chi connectivity index (χ2v) is 9.09. The summed E-state index contributed by atoms with van der Waals surface area (Å²) in [5.41, 5.74) is 0.825. The first kappa shape index (κ1) is 16.5. The lowest BCUT2D eigenvalue weighted by atomic mass is 9.81. The Kier molecular flexibility index (Phi) is 4.79. The molecular formula is C17H26O3S. The fourth-order valence-corrected chi connectivity index (χ4v) is 4.92. The molecule has 2 rings (SSSR count). The molecule has 1 aliphatic carbocycles. The third-order valence-corrected chi connectivity index (χ3v) is 7.01. The summed E-state index contributed by atoms with van der Waals surface area (Å²) in [6.07, 6.45) is 3.00. The molecular weight excluding hydrogens is 284 g/mol. The fourth-order valence-electron chi connectivity index (χ4n) is 3.07. The van der Waals surface area contributed by atoms with Crippen molar-refractivity contribution in [1.82, 2.24) is 0 Å². The molecule has 1 atom stereocenters. The molecule has 3 nitrogen and oxygen atoms in total. The number of hydrogen-bond acceptors (Lipinski definition) is 3. The molecule has 0 aromatic heterocycles. The van der Waals surface area contributed by atoms with E-state index in [1.807, 2.05) is 31.2 Å². The molecule has 1 aliphatic rings. The molecule has 21 heavy (non-hydrogen) atoms. The highest BCUT2D eigenvalue weighted by molar-refractivity contribution is 7.91. The Morgan fingerprint density at radius 1 is 1.33 bits per heavy atom. The van der Waals surface area contributed by atoms with Crippen LogP contribution in [0.3, 0.4) is 0 Å². The maximum absolute atomic E-state index is 12.6. The molecule has 118 valence electrons. The standard InChI is InChI=1S/C17H26O3S/c1-13-7-9-17(18,10-8-13)12-21(19,20)15(3)16-6-4-5-14(2)11-16/h4-6,11,13,15,18H,7-10,12H2,1-3H3. The molecule has 4 heteroatoms. The lowest BCUT2D eigenvalue weighted by Gasteiger charge is -2.35. The van der Waals surface area contributed by atoms with Crippen molar-refractivity contribution in [2.45, 2.75) is 57.3 Å². The van der Waals surface area contributed by atoms with Gasteiger partial charge in [-0.1, -0.05) is 36.8 Å². The van der Waals surface area contributed by atoms with Gasteiger partial charge in [-0.25, -0.2) is 8.42 Å². The van der Waals surface area contributed by atoms with Gasteiger partial charge >= 0.3 is 0 Å². The Balaban J connectivity index is 2.14. The summed E-state index contributed by atoms with van der Waals surface area (Å²) >= 11 is 0. The highest BCUT2D eigenvalue weighted by atomic mass is 32.2. The van der Waals surface area contributed by atoms with Gasteiger partial charge in [0.1, 0.15) is 0 Å². The number of aryl methyl sites for hydroxylation is 1. The second-order valence-electron chi connectivity index (χ2n) is 6.77. The van der Waals surface area contributed by atoms with Crippen LogP contribution in [0, 0.1) is 12.8 Å². The first-order valence-corrected chi connectivity index (χ1v) is 9.44. The van der Waals surface area contributed by atoms with Crippen molar-refractivity contribution in [3.8, 4) is 0 Å². The SMILES string of the molecule is Cc1cccc(C(C)S(=O)(=O)CC2(O)CCC(C)CC2)c1. The molecule has 1 N–H and O–H groups in total. The van der Waals surface area contributed by atoms with Gasteiger partial charge in [0.05, 0.1) is 16.6 Å². The maximum Gasteiger partial charge on any atom is 0.159 e. The average molecular weight is 310 g/mol. The van der Waals surface area contributed by atoms with E-state index < -0.39 is 20.7 Å². The minimum atomic E-state index is -3.36. The summed E-state index contributed by atoms with van der Waals surface area (Å²) in [5.74, 6) is 0.462. The van der Waals surface area contributed by atoms with Crippen LogP contribution < -0.4 is 0 Å². The maximum atomic E-state index is 12.6. The van der Waals surface area contributed by atoms with E-state index in [-0.39, 0.29) is 5.75 Å². The highest BCUT2D eigenvalue weighted by Crippen LogP contribution is 2.35. The number of aliphatic hydroxyl groups is 1. The zero-order valence-corrected chi connectivity index (χ0v) is 14.0. The van der Waals surface area contributed by atoms with Gasteiger partial charge in [0.2, 0.25) is 0 Å². The van der Waals surface area contributed by atoms with Gasteiger partial charge in [-0.15, -0.1) is 0 Å². The van der Waals surface area contributed by atoms with E-state index in [1.165, 1.54) is 0 Å². The Morgan fingerprint density at radius 2 is 1.95 bits per heavy atom. The monoisotopic (exact) mass is 310 g/mol. The summed E-state index contributed by atoms with van der Waals surface area (Å²) in [7, 11) is -3.36. The molecule has 0 amide bonds. The van der Waals surface area contributed by atoms with E-state index in [1.54, 1.807) is 6.92 Å². The second kappa shape index (κ2) is 6.09. The van der Waals surface area contributed by atoms with Crippen LogP contribution in [0.5, 0.6) is 0 Å². The van der Waals surface area contributed by atoms with E-state index in [2.05, 4.69) is 6.92 Å². The Bertz CT molecular complexity index is 584. The molecule has 0 heterocycles. The summed E-state index contributed by atoms with van der Waals surface area (Å²) in [6, 6.07) is 7.60. The van der Waals surface area contributed by atoms with Crippen molar-refractivity contribution in [3.63, 3.8) is 0 Å². The zero-order chi connectivity index (χ0) is 15.7. The first-order chi connectivity index (χ1) is 9.72. The Labute approximate surface area is 128 Å². The van der Waals surface area contributed by atoms with Crippen molar-refractivity contribution in [2.75, 3.05) is 5.75 Å². The largest absolute Gasteiger partial charge is 0.389 e. The van der Waals surface area contributed by atoms with Crippen molar-refractivity contribution in [2.24, 2.45) is 5.92 Å². The van der Waals surface area contributed by atoms with Gasteiger partial charge in [-0.2, -0.15) is 0 Å². The lowest BCUT2D eigenvalue weighted by Crippen LogP contribution is -2.41. The molecule has 1 fully saturated rings. The number of benzene rings is 1. The summed E-state index contributed by atoms with van der Waals surface area (Å²) in [6.45, 7) is 5.83. The van der Waals surface area contributed by atoms with E-state index in [4.69, 9.17) is 0 Å².